The zero-order valence-electron chi connectivity index (χ0n) is 22.0. The van der Waals surface area contributed by atoms with Crippen molar-refractivity contribution in [2.45, 2.75) is 25.0 Å². The Balaban J connectivity index is 0.000000231. The van der Waals surface area contributed by atoms with Gasteiger partial charge in [0, 0.05) is 55.5 Å². The van der Waals surface area contributed by atoms with Crippen LogP contribution >= 0.6 is 24.6 Å². The van der Waals surface area contributed by atoms with Crippen LogP contribution in [0.25, 0.3) is 22.3 Å². The average molecular weight is 555 g/mol. The number of benzene rings is 2. The molecule has 2 aromatic carbocycles. The number of fused-ring (bicyclic) bond motifs is 1. The van der Waals surface area contributed by atoms with E-state index in [2.05, 4.69) is 28.2 Å². The van der Waals surface area contributed by atoms with E-state index in [0.717, 1.165) is 22.4 Å². The highest BCUT2D eigenvalue weighted by molar-refractivity contribution is 7.99. The molecule has 0 bridgehead atoms. The van der Waals surface area contributed by atoms with Crippen LogP contribution in [0.4, 0.5) is 10.1 Å². The van der Waals surface area contributed by atoms with Gasteiger partial charge >= 0.3 is 0 Å². The molecule has 1 fully saturated rings. The summed E-state index contributed by atoms with van der Waals surface area (Å²) in [6.07, 6.45) is 9.76. The van der Waals surface area contributed by atoms with Crippen LogP contribution in [0.3, 0.4) is 0 Å². The highest BCUT2D eigenvalue weighted by Gasteiger charge is 2.22. The summed E-state index contributed by atoms with van der Waals surface area (Å²) in [5.74, 6) is 0.640. The number of nitrogens with zero attached hydrogens (tertiary/aromatic N) is 2. The normalized spacial score (nSPS) is 12.6. The Morgan fingerprint density at radius 3 is 2.39 bits per heavy atom. The smallest absolute Gasteiger partial charge is 0.255 e. The number of nitrogens with one attached hydrogen (secondary N) is 2. The number of carbonyl (C=O) groups is 1. The van der Waals surface area contributed by atoms with Crippen molar-refractivity contribution in [1.29, 1.82) is 0 Å². The second-order valence-corrected chi connectivity index (χ2v) is 9.81. The maximum absolute atomic E-state index is 13.2. The predicted molar refractivity (Wildman–Crippen MR) is 161 cm³/mol. The molecule has 0 saturated carbocycles. The number of pyridine rings is 1. The van der Waals surface area contributed by atoms with Crippen molar-refractivity contribution in [1.82, 2.24) is 15.6 Å². The van der Waals surface area contributed by atoms with E-state index in [4.69, 9.17) is 4.42 Å². The van der Waals surface area contributed by atoms with Crippen LogP contribution in [-0.2, 0) is 5.75 Å². The molecule has 0 radical (unpaired) electrons. The van der Waals surface area contributed by atoms with Crippen molar-refractivity contribution in [3.05, 3.63) is 83.9 Å². The average Bonchev–Trinajstić information content (AvgIpc) is 3.37. The second kappa shape index (κ2) is 15.4. The monoisotopic (exact) mass is 554 g/mol. The fourth-order valence-electron chi connectivity index (χ4n) is 3.83. The number of piperidine rings is 1. The van der Waals surface area contributed by atoms with E-state index >= 15 is 0 Å². The van der Waals surface area contributed by atoms with Gasteiger partial charge in [-0.3, -0.25) is 9.78 Å². The highest BCUT2D eigenvalue weighted by Crippen LogP contribution is 2.36. The topological polar surface area (TPSA) is 70.4 Å². The fourth-order valence-corrected chi connectivity index (χ4v) is 4.35. The summed E-state index contributed by atoms with van der Waals surface area (Å²) in [6.45, 7) is 2.50. The van der Waals surface area contributed by atoms with Gasteiger partial charge in [-0.1, -0.05) is 24.4 Å². The number of hydrogen-bond acceptors (Lipinski definition) is 7. The van der Waals surface area contributed by atoms with E-state index in [1.54, 1.807) is 37.3 Å². The number of rotatable bonds is 5. The number of aromatic nitrogens is 1. The van der Waals surface area contributed by atoms with Crippen LogP contribution in [0.15, 0.2) is 71.4 Å². The standard InChI is InChI=1S/C18H17FN2O2S.C6H7NS.C5H11N/c1-20-18(22)16-14-9-8-13(21(2)24-3)10-15(14)23-17(16)11-4-6-12(19)7-5-11;8-5-6-2-1-3-7-4-6;1-2-4-6-5-3-1/h4-10H,1-3H3,(H,20,22);1-4,8H,5H2;6H,1-5H2. The molecular formula is C29H35FN4O2S2. The van der Waals surface area contributed by atoms with E-state index in [1.807, 2.05) is 54.1 Å². The number of halogens is 1. The van der Waals surface area contributed by atoms with E-state index in [-0.39, 0.29) is 11.7 Å². The largest absolute Gasteiger partial charge is 0.455 e. The summed E-state index contributed by atoms with van der Waals surface area (Å²) >= 11 is 5.65. The molecule has 202 valence electrons. The Morgan fingerprint density at radius 2 is 1.89 bits per heavy atom. The Hall–Kier alpha value is -3.01. The first-order valence-electron chi connectivity index (χ1n) is 12.5. The summed E-state index contributed by atoms with van der Waals surface area (Å²) in [4.78, 5) is 16.3. The molecule has 1 aliphatic heterocycles. The molecule has 0 aliphatic carbocycles. The molecule has 1 aliphatic rings. The SMILES string of the molecule is C1CCNCC1.CNC(=O)c1c(-c2ccc(F)cc2)oc2cc(N(C)SC)ccc12.SCc1cccnc1. The van der Waals surface area contributed by atoms with Crippen molar-refractivity contribution in [3.63, 3.8) is 0 Å². The number of amides is 1. The van der Waals surface area contributed by atoms with Gasteiger partial charge < -0.3 is 19.4 Å². The van der Waals surface area contributed by atoms with Crippen LogP contribution < -0.4 is 14.9 Å². The lowest BCUT2D eigenvalue weighted by molar-refractivity contribution is 0.0964. The third kappa shape index (κ3) is 8.24. The number of carbonyl (C=O) groups excluding carboxylic acids is 1. The molecule has 2 aromatic heterocycles. The van der Waals surface area contributed by atoms with Gasteiger partial charge in [-0.05, 0) is 74.0 Å². The van der Waals surface area contributed by atoms with E-state index < -0.39 is 0 Å². The molecule has 1 amide bonds. The first-order valence-corrected chi connectivity index (χ1v) is 14.3. The summed E-state index contributed by atoms with van der Waals surface area (Å²) in [5, 5.41) is 6.66. The number of anilines is 1. The molecular weight excluding hydrogens is 519 g/mol. The Bertz CT molecular complexity index is 1270. The van der Waals surface area contributed by atoms with Crippen LogP contribution in [0.1, 0.15) is 35.2 Å². The van der Waals surface area contributed by atoms with E-state index in [0.29, 0.717) is 22.5 Å². The van der Waals surface area contributed by atoms with Crippen LogP contribution in [-0.4, -0.2) is 44.3 Å². The molecule has 0 unspecified atom stereocenters. The first-order chi connectivity index (χ1) is 18.5. The number of furan rings is 1. The minimum Gasteiger partial charge on any atom is -0.455 e. The lowest BCUT2D eigenvalue weighted by Gasteiger charge is -2.14. The first kappa shape index (κ1) is 29.5. The van der Waals surface area contributed by atoms with Gasteiger partial charge in [0.05, 0.1) is 11.3 Å². The molecule has 3 heterocycles. The van der Waals surface area contributed by atoms with Gasteiger partial charge in [0.1, 0.15) is 17.2 Å². The maximum Gasteiger partial charge on any atom is 0.255 e. The summed E-state index contributed by atoms with van der Waals surface area (Å²) in [6, 6.07) is 15.5. The number of thiol groups is 1. The molecule has 0 atom stereocenters. The maximum atomic E-state index is 13.2. The minimum atomic E-state index is -0.333. The summed E-state index contributed by atoms with van der Waals surface area (Å²) in [7, 11) is 3.53. The van der Waals surface area contributed by atoms with Crippen molar-refractivity contribution >= 4 is 47.1 Å². The summed E-state index contributed by atoms with van der Waals surface area (Å²) in [5.41, 5.74) is 3.86. The van der Waals surface area contributed by atoms with Gasteiger partial charge in [0.2, 0.25) is 0 Å². The Kier molecular flexibility index (Phi) is 12.0. The summed E-state index contributed by atoms with van der Waals surface area (Å²) < 4.78 is 21.2. The van der Waals surface area contributed by atoms with Crippen molar-refractivity contribution in [3.8, 4) is 11.3 Å². The molecule has 0 spiro atoms. The molecule has 5 rings (SSSR count). The van der Waals surface area contributed by atoms with Crippen molar-refractivity contribution in [2.75, 3.05) is 37.7 Å². The molecule has 38 heavy (non-hydrogen) atoms. The highest BCUT2D eigenvalue weighted by atomic mass is 32.2. The van der Waals surface area contributed by atoms with Crippen LogP contribution in [0, 0.1) is 5.82 Å². The minimum absolute atomic E-state index is 0.237. The van der Waals surface area contributed by atoms with Gasteiger partial charge in [-0.25, -0.2) is 4.39 Å². The Labute approximate surface area is 233 Å². The third-order valence-electron chi connectivity index (χ3n) is 5.98. The van der Waals surface area contributed by atoms with Crippen molar-refractivity contribution < 1.29 is 13.6 Å². The predicted octanol–water partition coefficient (Wildman–Crippen LogP) is 6.58. The molecule has 1 saturated heterocycles. The lowest BCUT2D eigenvalue weighted by Crippen LogP contribution is -2.21. The molecule has 9 heteroatoms. The van der Waals surface area contributed by atoms with Gasteiger partial charge in [0.15, 0.2) is 0 Å². The molecule has 6 nitrogen and oxygen atoms in total. The van der Waals surface area contributed by atoms with Crippen molar-refractivity contribution in [2.24, 2.45) is 0 Å². The van der Waals surface area contributed by atoms with Gasteiger partial charge in [0.25, 0.3) is 5.91 Å². The van der Waals surface area contributed by atoms with Crippen LogP contribution in [0.5, 0.6) is 0 Å². The molecule has 2 N–H and O–H groups in total. The third-order valence-corrected chi connectivity index (χ3v) is 7.11. The Morgan fingerprint density at radius 1 is 1.16 bits per heavy atom. The number of hydrogen-bond donors (Lipinski definition) is 3. The van der Waals surface area contributed by atoms with Crippen LogP contribution in [0.2, 0.25) is 0 Å². The van der Waals surface area contributed by atoms with Gasteiger partial charge in [-0.15, -0.1) is 0 Å². The van der Waals surface area contributed by atoms with Gasteiger partial charge in [-0.2, -0.15) is 12.6 Å². The fraction of sp³-hybridized carbons (Fsp3) is 0.310. The van der Waals surface area contributed by atoms with E-state index in [9.17, 15) is 9.18 Å². The zero-order chi connectivity index (χ0) is 27.3. The molecule has 4 aromatic rings. The quantitative estimate of drug-likeness (QED) is 0.191. The lowest BCUT2D eigenvalue weighted by atomic mass is 10.0. The zero-order valence-corrected chi connectivity index (χ0v) is 23.7. The van der Waals surface area contributed by atoms with E-state index in [1.165, 1.54) is 44.5 Å². The second-order valence-electron chi connectivity index (χ2n) is 8.58.